The third kappa shape index (κ3) is 3.80. The summed E-state index contributed by atoms with van der Waals surface area (Å²) in [6.07, 6.45) is 2.06. The van der Waals surface area contributed by atoms with Crippen molar-refractivity contribution in [1.82, 2.24) is 4.90 Å². The number of para-hydroxylation sites is 2. The average Bonchev–Trinajstić information content (AvgIpc) is 3.46. The first-order valence-electron chi connectivity index (χ1n) is 12.4. The highest BCUT2D eigenvalue weighted by Crippen LogP contribution is 2.43. The lowest BCUT2D eigenvalue weighted by Crippen LogP contribution is -2.49. The topological polar surface area (TPSA) is 78.0 Å². The van der Waals surface area contributed by atoms with E-state index in [1.165, 1.54) is 12.1 Å². The Labute approximate surface area is 213 Å². The van der Waals surface area contributed by atoms with Gasteiger partial charge < -0.3 is 9.80 Å². The van der Waals surface area contributed by atoms with Gasteiger partial charge in [0.1, 0.15) is 12.4 Å². The molecule has 0 unspecified atom stereocenters. The summed E-state index contributed by atoms with van der Waals surface area (Å²) in [5, 5.41) is 0. The number of amides is 4. The lowest BCUT2D eigenvalue weighted by molar-refractivity contribution is -0.123. The molecule has 8 heteroatoms. The van der Waals surface area contributed by atoms with Gasteiger partial charge >= 0.3 is 0 Å². The van der Waals surface area contributed by atoms with Gasteiger partial charge in [-0.05, 0) is 54.8 Å². The summed E-state index contributed by atoms with van der Waals surface area (Å²) >= 11 is 0. The average molecular weight is 498 g/mol. The van der Waals surface area contributed by atoms with Crippen LogP contribution in [0.3, 0.4) is 0 Å². The Balaban J connectivity index is 1.37. The van der Waals surface area contributed by atoms with E-state index in [-0.39, 0.29) is 35.4 Å². The number of hydrogen-bond acceptors (Lipinski definition) is 4. The van der Waals surface area contributed by atoms with Crippen molar-refractivity contribution in [1.29, 1.82) is 0 Å². The Morgan fingerprint density at radius 2 is 1.41 bits per heavy atom. The van der Waals surface area contributed by atoms with Crippen LogP contribution >= 0.6 is 0 Å². The fourth-order valence-electron chi connectivity index (χ4n) is 5.78. The van der Waals surface area contributed by atoms with Crippen LogP contribution in [-0.2, 0) is 16.1 Å². The second-order valence-corrected chi connectivity index (χ2v) is 9.65. The highest BCUT2D eigenvalue weighted by Gasteiger charge is 2.46. The molecule has 0 spiro atoms. The minimum atomic E-state index is -0.492. The number of carbonyl (C=O) groups is 4. The monoisotopic (exact) mass is 497 g/mol. The lowest BCUT2D eigenvalue weighted by atomic mass is 10.0. The normalized spacial score (nSPS) is 20.6. The van der Waals surface area contributed by atoms with Gasteiger partial charge in [-0.2, -0.15) is 0 Å². The van der Waals surface area contributed by atoms with Crippen molar-refractivity contribution in [3.63, 3.8) is 0 Å². The fourth-order valence-corrected chi connectivity index (χ4v) is 5.78. The number of fused-ring (bicyclic) bond motifs is 3. The molecule has 37 heavy (non-hydrogen) atoms. The number of nitrogens with zero attached hydrogens (tertiary/aromatic N) is 3. The summed E-state index contributed by atoms with van der Waals surface area (Å²) in [6.45, 7) is -0.171. The van der Waals surface area contributed by atoms with Crippen LogP contribution in [0.25, 0.3) is 0 Å². The molecule has 0 bridgehead atoms. The second-order valence-electron chi connectivity index (χ2n) is 9.65. The first-order valence-corrected chi connectivity index (χ1v) is 12.4. The fraction of sp³-hybridized carbons (Fsp3) is 0.241. The Kier molecular flexibility index (Phi) is 5.59. The van der Waals surface area contributed by atoms with E-state index in [2.05, 4.69) is 0 Å². The molecule has 3 aromatic rings. The standard InChI is InChI=1S/C29H24FN3O4/c30-19-14-12-18(13-15-19)16-31-24-9-3-4-10-25(24)33(23-11-5-8-22(23)29(31)37)26(34)17-32-27(35)20-6-1-2-7-21(20)28(32)36/h1-4,6-7,9-10,12-15,22-23H,5,8,11,16-17H2/t22-,23+/m0/s1. The van der Waals surface area contributed by atoms with Gasteiger partial charge in [0.05, 0.1) is 35.0 Å². The summed E-state index contributed by atoms with van der Waals surface area (Å²) in [6, 6.07) is 19.4. The van der Waals surface area contributed by atoms with Gasteiger partial charge in [0.2, 0.25) is 11.8 Å². The minimum absolute atomic E-state index is 0.0877. The van der Waals surface area contributed by atoms with Crippen LogP contribution in [0.5, 0.6) is 0 Å². The van der Waals surface area contributed by atoms with Crippen molar-refractivity contribution < 1.29 is 23.6 Å². The van der Waals surface area contributed by atoms with Crippen molar-refractivity contribution in [2.45, 2.75) is 31.8 Å². The van der Waals surface area contributed by atoms with Gasteiger partial charge in [-0.1, -0.05) is 42.8 Å². The highest BCUT2D eigenvalue weighted by atomic mass is 19.1. The lowest BCUT2D eigenvalue weighted by Gasteiger charge is -2.31. The van der Waals surface area contributed by atoms with Crippen molar-refractivity contribution in [3.8, 4) is 0 Å². The van der Waals surface area contributed by atoms with Crippen LogP contribution in [0.4, 0.5) is 15.8 Å². The molecule has 1 saturated carbocycles. The molecule has 3 aliphatic rings. The molecule has 0 saturated heterocycles. The molecule has 1 fully saturated rings. The summed E-state index contributed by atoms with van der Waals surface area (Å²) in [5.41, 5.74) is 2.48. The highest BCUT2D eigenvalue weighted by molar-refractivity contribution is 6.23. The molecule has 7 nitrogen and oxygen atoms in total. The van der Waals surface area contributed by atoms with Crippen molar-refractivity contribution in [2.75, 3.05) is 16.3 Å². The molecular weight excluding hydrogens is 473 g/mol. The number of hydrogen-bond donors (Lipinski definition) is 0. The predicted octanol–water partition coefficient (Wildman–Crippen LogP) is 4.17. The molecule has 186 valence electrons. The van der Waals surface area contributed by atoms with Crippen LogP contribution in [0.2, 0.25) is 0 Å². The number of halogens is 1. The molecule has 2 aliphatic heterocycles. The van der Waals surface area contributed by atoms with Crippen molar-refractivity contribution in [2.24, 2.45) is 5.92 Å². The molecule has 0 radical (unpaired) electrons. The van der Waals surface area contributed by atoms with Gasteiger partial charge in [0.25, 0.3) is 11.8 Å². The molecule has 2 atom stereocenters. The van der Waals surface area contributed by atoms with Gasteiger partial charge in [-0.25, -0.2) is 4.39 Å². The van der Waals surface area contributed by atoms with Crippen LogP contribution in [0.15, 0.2) is 72.8 Å². The smallest absolute Gasteiger partial charge is 0.262 e. The van der Waals surface area contributed by atoms with Gasteiger partial charge in [-0.3, -0.25) is 24.1 Å². The Morgan fingerprint density at radius 1 is 0.784 bits per heavy atom. The molecule has 2 heterocycles. The van der Waals surface area contributed by atoms with E-state index < -0.39 is 30.2 Å². The van der Waals surface area contributed by atoms with Crippen molar-refractivity contribution in [3.05, 3.63) is 95.3 Å². The van der Waals surface area contributed by atoms with Gasteiger partial charge in [0.15, 0.2) is 0 Å². The SMILES string of the molecule is O=C1c2ccccc2C(=O)N1CC(=O)N1c2ccccc2N(Cc2ccc(F)cc2)C(=O)[C@H]2CCC[C@H]21. The van der Waals surface area contributed by atoms with Crippen LogP contribution < -0.4 is 9.80 Å². The molecule has 1 aliphatic carbocycles. The molecule has 3 aromatic carbocycles. The largest absolute Gasteiger partial charge is 0.306 e. The van der Waals surface area contributed by atoms with Crippen molar-refractivity contribution >= 4 is 35.0 Å². The number of rotatable bonds is 4. The van der Waals surface area contributed by atoms with E-state index in [9.17, 15) is 23.6 Å². The van der Waals surface area contributed by atoms with E-state index in [1.54, 1.807) is 70.5 Å². The Hall–Kier alpha value is -4.33. The molecule has 0 N–H and O–H groups in total. The molecule has 0 aromatic heterocycles. The van der Waals surface area contributed by atoms with Crippen LogP contribution in [-0.4, -0.2) is 41.1 Å². The summed E-state index contributed by atoms with van der Waals surface area (Å²) in [7, 11) is 0. The van der Waals surface area contributed by atoms with E-state index in [0.29, 0.717) is 24.2 Å². The van der Waals surface area contributed by atoms with Gasteiger partial charge in [-0.15, -0.1) is 0 Å². The summed E-state index contributed by atoms with van der Waals surface area (Å²) in [5.74, 6) is -2.25. The maximum atomic E-state index is 13.9. The first-order chi connectivity index (χ1) is 17.9. The minimum Gasteiger partial charge on any atom is -0.306 e. The zero-order valence-corrected chi connectivity index (χ0v) is 20.0. The van der Waals surface area contributed by atoms with Gasteiger partial charge in [0, 0.05) is 6.04 Å². The van der Waals surface area contributed by atoms with E-state index in [1.807, 2.05) is 0 Å². The molecule has 4 amide bonds. The third-order valence-corrected chi connectivity index (χ3v) is 7.52. The number of benzene rings is 3. The van der Waals surface area contributed by atoms with E-state index in [4.69, 9.17) is 0 Å². The number of imide groups is 1. The molecule has 6 rings (SSSR count). The number of anilines is 2. The van der Waals surface area contributed by atoms with E-state index >= 15 is 0 Å². The molecular formula is C29H24FN3O4. The van der Waals surface area contributed by atoms with E-state index in [0.717, 1.165) is 16.9 Å². The summed E-state index contributed by atoms with van der Waals surface area (Å²) in [4.78, 5) is 57.9. The number of carbonyl (C=O) groups excluding carboxylic acids is 4. The summed E-state index contributed by atoms with van der Waals surface area (Å²) < 4.78 is 13.5. The predicted molar refractivity (Wildman–Crippen MR) is 134 cm³/mol. The third-order valence-electron chi connectivity index (χ3n) is 7.52. The Morgan fingerprint density at radius 3 is 2.08 bits per heavy atom. The second kappa shape index (κ2) is 8.96. The maximum absolute atomic E-state index is 13.9. The zero-order chi connectivity index (χ0) is 25.7. The first kappa shape index (κ1) is 23.1. The zero-order valence-electron chi connectivity index (χ0n) is 20.0. The van der Waals surface area contributed by atoms with Crippen LogP contribution in [0.1, 0.15) is 45.5 Å². The quantitative estimate of drug-likeness (QED) is 0.507. The Bertz CT molecular complexity index is 1400. The van der Waals surface area contributed by atoms with Crippen LogP contribution in [0, 0.1) is 11.7 Å². The maximum Gasteiger partial charge on any atom is 0.262 e.